The highest BCUT2D eigenvalue weighted by Crippen LogP contribution is 2.48. The minimum absolute atomic E-state index is 1.08. The lowest BCUT2D eigenvalue weighted by Gasteiger charge is -2.31. The van der Waals surface area contributed by atoms with Crippen LogP contribution in [0.5, 0.6) is 0 Å². The topological polar surface area (TPSA) is 8.17 Å². The molecule has 0 aliphatic carbocycles. The van der Waals surface area contributed by atoms with Crippen LogP contribution < -0.4 is 4.90 Å². The summed E-state index contributed by atoms with van der Waals surface area (Å²) in [4.78, 5) is 2.49. The Hall–Kier alpha value is -7.72. The van der Waals surface area contributed by atoms with E-state index >= 15 is 0 Å². The van der Waals surface area contributed by atoms with Crippen molar-refractivity contribution in [3.8, 4) is 39.1 Å². The molecule has 61 heavy (non-hydrogen) atoms. The summed E-state index contributed by atoms with van der Waals surface area (Å²) in [6.07, 6.45) is 0. The Balaban J connectivity index is 1.13. The van der Waals surface area contributed by atoms with E-state index in [2.05, 4.69) is 240 Å². The fraction of sp³-hybridized carbons (Fsp3) is 0. The molecule has 286 valence electrons. The third-order valence-corrected chi connectivity index (χ3v) is 13.3. The third-order valence-electron chi connectivity index (χ3n) is 12.2. The van der Waals surface area contributed by atoms with Crippen molar-refractivity contribution in [2.45, 2.75) is 0 Å². The summed E-state index contributed by atoms with van der Waals surface area (Å²) in [5, 5.41) is 7.53. The number of rotatable bonds is 7. The molecule has 0 fully saturated rings. The maximum atomic E-state index is 2.49. The summed E-state index contributed by atoms with van der Waals surface area (Å²) in [5.74, 6) is 0. The Morgan fingerprint density at radius 3 is 1.72 bits per heavy atom. The highest BCUT2D eigenvalue weighted by atomic mass is 32.1. The summed E-state index contributed by atoms with van der Waals surface area (Å²) >= 11 is 1.86. The molecule has 0 atom stereocenters. The molecular weight excluding hydrogens is 757 g/mol. The van der Waals surface area contributed by atoms with Gasteiger partial charge >= 0.3 is 0 Å². The maximum Gasteiger partial charge on any atom is 0.0702 e. The zero-order chi connectivity index (χ0) is 40.3. The van der Waals surface area contributed by atoms with Gasteiger partial charge in [-0.3, -0.25) is 0 Å². The Morgan fingerprint density at radius 2 is 0.918 bits per heavy atom. The third kappa shape index (κ3) is 5.85. The average Bonchev–Trinajstić information content (AvgIpc) is 3.87. The molecule has 12 rings (SSSR count). The van der Waals surface area contributed by atoms with Gasteiger partial charge in [0.1, 0.15) is 0 Å². The zero-order valence-corrected chi connectivity index (χ0v) is 34.1. The molecule has 2 nitrogen and oxygen atoms in total. The summed E-state index contributed by atoms with van der Waals surface area (Å²) in [7, 11) is 0. The molecule has 0 amide bonds. The van der Waals surface area contributed by atoms with Gasteiger partial charge in [-0.2, -0.15) is 0 Å². The second-order valence-electron chi connectivity index (χ2n) is 15.6. The van der Waals surface area contributed by atoms with Crippen molar-refractivity contribution in [1.29, 1.82) is 0 Å². The molecule has 0 radical (unpaired) electrons. The van der Waals surface area contributed by atoms with E-state index in [0.717, 1.165) is 28.3 Å². The van der Waals surface area contributed by atoms with Crippen LogP contribution in [0.2, 0.25) is 0 Å². The number of anilines is 3. The first-order valence-electron chi connectivity index (χ1n) is 20.8. The largest absolute Gasteiger partial charge is 0.308 e. The van der Waals surface area contributed by atoms with E-state index in [4.69, 9.17) is 0 Å². The van der Waals surface area contributed by atoms with Crippen LogP contribution in [0.15, 0.2) is 231 Å². The predicted octanol–water partition coefficient (Wildman–Crippen LogP) is 16.8. The van der Waals surface area contributed by atoms with E-state index < -0.39 is 0 Å². The van der Waals surface area contributed by atoms with Gasteiger partial charge in [-0.1, -0.05) is 170 Å². The van der Waals surface area contributed by atoms with E-state index in [1.54, 1.807) is 0 Å². The number of hydrogen-bond acceptors (Lipinski definition) is 2. The minimum Gasteiger partial charge on any atom is -0.308 e. The summed E-state index contributed by atoms with van der Waals surface area (Å²) in [5.41, 5.74) is 13.9. The Bertz CT molecular complexity index is 3550. The summed E-state index contributed by atoms with van der Waals surface area (Å²) in [6, 6.07) is 84.4. The van der Waals surface area contributed by atoms with Crippen molar-refractivity contribution in [3.63, 3.8) is 0 Å². The van der Waals surface area contributed by atoms with Crippen molar-refractivity contribution in [2.24, 2.45) is 0 Å². The highest BCUT2D eigenvalue weighted by Gasteiger charge is 2.24. The quantitative estimate of drug-likeness (QED) is 0.156. The molecule has 0 saturated heterocycles. The lowest BCUT2D eigenvalue weighted by molar-refractivity contribution is 1.15. The first kappa shape index (κ1) is 35.2. The van der Waals surface area contributed by atoms with Crippen LogP contribution in [0.4, 0.5) is 17.1 Å². The van der Waals surface area contributed by atoms with Crippen LogP contribution in [0.1, 0.15) is 0 Å². The van der Waals surface area contributed by atoms with E-state index in [1.807, 2.05) is 11.3 Å². The van der Waals surface area contributed by atoms with E-state index in [0.29, 0.717) is 0 Å². The van der Waals surface area contributed by atoms with Crippen molar-refractivity contribution in [1.82, 2.24) is 4.57 Å². The minimum atomic E-state index is 1.08. The molecule has 0 aliphatic heterocycles. The normalized spacial score (nSPS) is 11.6. The van der Waals surface area contributed by atoms with Gasteiger partial charge in [-0.15, -0.1) is 11.3 Å². The first-order chi connectivity index (χ1) is 30.3. The summed E-state index contributed by atoms with van der Waals surface area (Å²) < 4.78 is 5.07. The Kier molecular flexibility index (Phi) is 8.39. The molecule has 2 aromatic heterocycles. The predicted molar refractivity (Wildman–Crippen MR) is 262 cm³/mol. The van der Waals surface area contributed by atoms with Gasteiger partial charge in [0, 0.05) is 42.2 Å². The fourth-order valence-corrected chi connectivity index (χ4v) is 10.6. The standard InChI is InChI=1S/C58H38N2S/c1-2-17-39(18-3-1)44-27-15-19-40-20-16-28-49(58(40)44)47-25-6-8-29-51(47)59(43-22-14-21-41(37-43)42-35-36-57-50(38-42)48-26-7-13-34-56(48)61-57)54-32-11-12-33-55(54)60-52-30-9-4-23-45(52)46-24-5-10-31-53(46)60/h1-38H. The number of nitrogens with zero attached hydrogens (tertiary/aromatic N) is 2. The van der Waals surface area contributed by atoms with E-state index in [-0.39, 0.29) is 0 Å². The van der Waals surface area contributed by atoms with Gasteiger partial charge in [0.05, 0.1) is 28.1 Å². The van der Waals surface area contributed by atoms with Gasteiger partial charge in [-0.25, -0.2) is 0 Å². The molecule has 0 saturated carbocycles. The molecule has 3 heteroatoms. The SMILES string of the molecule is c1ccc(-c2cccc3cccc(-c4ccccc4N(c4cccc(-c5ccc6sc7ccccc7c6c5)c4)c4ccccc4-n4c5ccccc5c5ccccc54)c23)cc1. The first-order valence-corrected chi connectivity index (χ1v) is 21.7. The van der Waals surface area contributed by atoms with Crippen LogP contribution in [-0.2, 0) is 0 Å². The van der Waals surface area contributed by atoms with E-state index in [9.17, 15) is 0 Å². The van der Waals surface area contributed by atoms with Gasteiger partial charge < -0.3 is 9.47 Å². The molecule has 0 unspecified atom stereocenters. The zero-order valence-electron chi connectivity index (χ0n) is 33.2. The van der Waals surface area contributed by atoms with Crippen LogP contribution >= 0.6 is 11.3 Å². The van der Waals surface area contributed by atoms with Gasteiger partial charge in [0.15, 0.2) is 0 Å². The molecule has 0 aliphatic rings. The maximum absolute atomic E-state index is 2.49. The molecule has 0 bridgehead atoms. The monoisotopic (exact) mass is 794 g/mol. The highest BCUT2D eigenvalue weighted by molar-refractivity contribution is 7.25. The number of benzene rings is 10. The number of thiophene rings is 1. The van der Waals surface area contributed by atoms with Gasteiger partial charge in [0.25, 0.3) is 0 Å². The fourth-order valence-electron chi connectivity index (χ4n) is 9.48. The van der Waals surface area contributed by atoms with E-state index in [1.165, 1.54) is 80.6 Å². The smallest absolute Gasteiger partial charge is 0.0702 e. The second kappa shape index (κ2) is 14.5. The van der Waals surface area contributed by atoms with Crippen LogP contribution in [0, 0.1) is 0 Å². The number of para-hydroxylation sites is 5. The van der Waals surface area contributed by atoms with Crippen molar-refractivity contribution >= 4 is 81.1 Å². The van der Waals surface area contributed by atoms with Crippen molar-refractivity contribution in [2.75, 3.05) is 4.90 Å². The van der Waals surface area contributed by atoms with Crippen molar-refractivity contribution < 1.29 is 0 Å². The molecular formula is C58H38N2S. The van der Waals surface area contributed by atoms with Crippen LogP contribution in [0.3, 0.4) is 0 Å². The van der Waals surface area contributed by atoms with Crippen LogP contribution in [-0.4, -0.2) is 4.57 Å². The Labute approximate surface area is 358 Å². The Morgan fingerprint density at radius 1 is 0.344 bits per heavy atom. The summed E-state index contributed by atoms with van der Waals surface area (Å²) in [6.45, 7) is 0. The molecule has 2 heterocycles. The number of aromatic nitrogens is 1. The van der Waals surface area contributed by atoms with Gasteiger partial charge in [0.2, 0.25) is 0 Å². The van der Waals surface area contributed by atoms with Crippen molar-refractivity contribution in [3.05, 3.63) is 231 Å². The number of fused-ring (bicyclic) bond motifs is 7. The average molecular weight is 795 g/mol. The lowest BCUT2D eigenvalue weighted by Crippen LogP contribution is -2.14. The second-order valence-corrected chi connectivity index (χ2v) is 16.7. The molecule has 0 spiro atoms. The molecule has 0 N–H and O–H groups in total. The van der Waals surface area contributed by atoms with Crippen LogP contribution in [0.25, 0.3) is 91.8 Å². The van der Waals surface area contributed by atoms with Gasteiger partial charge in [-0.05, 0) is 99.3 Å². The lowest BCUT2D eigenvalue weighted by atomic mass is 9.90. The molecule has 10 aromatic carbocycles. The number of hydrogen-bond donors (Lipinski definition) is 0. The molecule has 12 aromatic rings.